The van der Waals surface area contributed by atoms with Crippen LogP contribution in [0.5, 0.6) is 5.75 Å². The van der Waals surface area contributed by atoms with Crippen molar-refractivity contribution in [3.8, 4) is 5.75 Å². The highest BCUT2D eigenvalue weighted by Crippen LogP contribution is 2.38. The van der Waals surface area contributed by atoms with Crippen molar-refractivity contribution in [1.82, 2.24) is 4.37 Å². The molecule has 0 aliphatic rings. The summed E-state index contributed by atoms with van der Waals surface area (Å²) in [6.45, 7) is 1.29. The molecular weight excluding hydrogens is 414 g/mol. The first kappa shape index (κ1) is 19.2. The van der Waals surface area contributed by atoms with Crippen molar-refractivity contribution < 1.29 is 18.3 Å². The number of rotatable bonds is 4. The van der Waals surface area contributed by atoms with Gasteiger partial charge in [0.2, 0.25) is 15.9 Å². The quantitative estimate of drug-likeness (QED) is 0.430. The predicted octanol–water partition coefficient (Wildman–Crippen LogP) is 3.68. The number of nitrogens with one attached hydrogen (secondary N) is 1. The summed E-state index contributed by atoms with van der Waals surface area (Å²) >= 11 is 6.96. The van der Waals surface area contributed by atoms with Crippen molar-refractivity contribution in [2.45, 2.75) is 11.8 Å². The molecule has 0 fully saturated rings. The van der Waals surface area contributed by atoms with Gasteiger partial charge in [-0.1, -0.05) is 11.6 Å². The number of benzene rings is 2. The molecule has 0 saturated heterocycles. The predicted molar refractivity (Wildman–Crippen MR) is 103 cm³/mol. The van der Waals surface area contributed by atoms with Gasteiger partial charge in [-0.3, -0.25) is 4.79 Å². The molecule has 0 spiro atoms. The largest absolute Gasteiger partial charge is 0.504 e. The molecule has 0 unspecified atom stereocenters. The Morgan fingerprint density at radius 3 is 2.70 bits per heavy atom. The molecule has 3 rings (SSSR count). The summed E-state index contributed by atoms with van der Waals surface area (Å²) in [6, 6.07) is 7.01. The summed E-state index contributed by atoms with van der Waals surface area (Å²) in [5.41, 5.74) is 0.907. The molecule has 3 aromatic rings. The van der Waals surface area contributed by atoms with Crippen LogP contribution in [-0.4, -0.2) is 23.8 Å². The third kappa shape index (κ3) is 4.22. The maximum absolute atomic E-state index is 11.5. The van der Waals surface area contributed by atoms with Gasteiger partial charge in [-0.05, 0) is 41.9 Å². The van der Waals surface area contributed by atoms with Crippen molar-refractivity contribution in [1.29, 1.82) is 0 Å². The number of sulfonamides is 1. The number of hydrogen-bond acceptors (Lipinski definition) is 8. The van der Waals surface area contributed by atoms with Crippen LogP contribution in [0.15, 0.2) is 45.5 Å². The minimum absolute atomic E-state index is 0.0131. The lowest BCUT2D eigenvalue weighted by Gasteiger charge is -2.07. The zero-order chi connectivity index (χ0) is 19.8. The van der Waals surface area contributed by atoms with E-state index in [1.54, 1.807) is 0 Å². The summed E-state index contributed by atoms with van der Waals surface area (Å²) in [7, 11) is -3.86. The van der Waals surface area contributed by atoms with Crippen molar-refractivity contribution in [2.24, 2.45) is 15.4 Å². The minimum Gasteiger partial charge on any atom is -0.504 e. The van der Waals surface area contributed by atoms with E-state index in [1.807, 2.05) is 0 Å². The van der Waals surface area contributed by atoms with E-state index in [2.05, 4.69) is 19.9 Å². The number of halogens is 1. The number of aromatic hydroxyl groups is 1. The maximum Gasteiger partial charge on any atom is 0.238 e. The van der Waals surface area contributed by atoms with Crippen LogP contribution in [-0.2, 0) is 14.8 Å². The number of nitrogens with two attached hydrogens (primary N) is 1. The molecule has 4 N–H and O–H groups in total. The van der Waals surface area contributed by atoms with Crippen LogP contribution in [0.4, 0.5) is 16.4 Å². The molecule has 1 heterocycles. The first-order valence-corrected chi connectivity index (χ1v) is 9.99. The number of carbonyl (C=O) groups is 1. The summed E-state index contributed by atoms with van der Waals surface area (Å²) in [5.74, 6) is -0.675. The molecule has 12 heteroatoms. The summed E-state index contributed by atoms with van der Waals surface area (Å²) < 4.78 is 27.2. The summed E-state index contributed by atoms with van der Waals surface area (Å²) in [6.07, 6.45) is 0. The highest BCUT2D eigenvalue weighted by molar-refractivity contribution is 7.89. The van der Waals surface area contributed by atoms with E-state index in [4.69, 9.17) is 16.7 Å². The van der Waals surface area contributed by atoms with Gasteiger partial charge < -0.3 is 10.4 Å². The Kier molecular flexibility index (Phi) is 5.11. The van der Waals surface area contributed by atoms with Gasteiger partial charge in [-0.15, -0.1) is 10.2 Å². The topological polar surface area (TPSA) is 147 Å². The number of phenols is 1. The highest BCUT2D eigenvalue weighted by Gasteiger charge is 2.13. The number of fused-ring (bicyclic) bond motifs is 1. The van der Waals surface area contributed by atoms with E-state index in [9.17, 15) is 18.3 Å². The Labute approximate surface area is 162 Å². The van der Waals surface area contributed by atoms with Gasteiger partial charge in [0.25, 0.3) is 0 Å². The van der Waals surface area contributed by atoms with E-state index in [0.29, 0.717) is 15.9 Å². The maximum atomic E-state index is 11.5. The number of amides is 1. The Morgan fingerprint density at radius 2 is 2.04 bits per heavy atom. The molecule has 0 atom stereocenters. The molecule has 0 bridgehead atoms. The second-order valence-electron chi connectivity index (χ2n) is 5.42. The van der Waals surface area contributed by atoms with Gasteiger partial charge in [-0.25, -0.2) is 13.6 Å². The third-order valence-electron chi connectivity index (χ3n) is 3.37. The fourth-order valence-electron chi connectivity index (χ4n) is 2.19. The Bertz CT molecular complexity index is 1190. The Balaban J connectivity index is 2.01. The van der Waals surface area contributed by atoms with E-state index in [0.717, 1.165) is 11.5 Å². The number of azo groups is 1. The second kappa shape index (κ2) is 7.19. The van der Waals surface area contributed by atoms with Crippen molar-refractivity contribution in [3.63, 3.8) is 0 Å². The van der Waals surface area contributed by atoms with Crippen molar-refractivity contribution in [3.05, 3.63) is 35.4 Å². The van der Waals surface area contributed by atoms with E-state index in [-0.39, 0.29) is 32.9 Å². The zero-order valence-corrected chi connectivity index (χ0v) is 16.1. The number of hydrogen-bond donors (Lipinski definition) is 3. The molecule has 9 nitrogen and oxygen atoms in total. The van der Waals surface area contributed by atoms with Crippen LogP contribution < -0.4 is 10.5 Å². The lowest BCUT2D eigenvalue weighted by atomic mass is 10.2. The number of primary sulfonamides is 1. The van der Waals surface area contributed by atoms with Gasteiger partial charge in [-0.2, -0.15) is 4.37 Å². The summed E-state index contributed by atoms with van der Waals surface area (Å²) in [4.78, 5) is 11.1. The van der Waals surface area contributed by atoms with Crippen LogP contribution >= 0.6 is 23.1 Å². The van der Waals surface area contributed by atoms with Gasteiger partial charge in [0, 0.05) is 12.3 Å². The van der Waals surface area contributed by atoms with Gasteiger partial charge in [0.05, 0.1) is 26.8 Å². The molecule has 140 valence electrons. The average Bonchev–Trinajstić information content (AvgIpc) is 2.98. The fourth-order valence-corrected chi connectivity index (χ4v) is 3.62. The molecule has 0 saturated carbocycles. The average molecular weight is 426 g/mol. The first-order valence-electron chi connectivity index (χ1n) is 7.29. The van der Waals surface area contributed by atoms with Crippen LogP contribution in [0, 0.1) is 0 Å². The second-order valence-corrected chi connectivity index (χ2v) is 8.14. The fraction of sp³-hybridized carbons (Fsp3) is 0.0667. The van der Waals surface area contributed by atoms with Gasteiger partial charge in [0.1, 0.15) is 0 Å². The molecule has 27 heavy (non-hydrogen) atoms. The lowest BCUT2D eigenvalue weighted by Crippen LogP contribution is -2.11. The van der Waals surface area contributed by atoms with Crippen molar-refractivity contribution >= 4 is 66.3 Å². The van der Waals surface area contributed by atoms with Crippen LogP contribution in [0.3, 0.4) is 0 Å². The molecule has 0 aliphatic carbocycles. The Hall–Kier alpha value is -2.60. The van der Waals surface area contributed by atoms with Crippen molar-refractivity contribution in [2.75, 3.05) is 5.32 Å². The van der Waals surface area contributed by atoms with Gasteiger partial charge >= 0.3 is 0 Å². The first-order chi connectivity index (χ1) is 12.6. The van der Waals surface area contributed by atoms with Crippen LogP contribution in [0.1, 0.15) is 6.92 Å². The zero-order valence-electron chi connectivity index (χ0n) is 13.7. The molecule has 1 aromatic heterocycles. The molecular formula is C15H12ClN5O4S2. The number of nitrogens with zero attached hydrogens (tertiary/aromatic N) is 3. The van der Waals surface area contributed by atoms with Gasteiger partial charge in [0.15, 0.2) is 10.8 Å². The minimum atomic E-state index is -3.86. The highest BCUT2D eigenvalue weighted by atomic mass is 35.5. The van der Waals surface area contributed by atoms with E-state index < -0.39 is 10.0 Å². The van der Waals surface area contributed by atoms with Crippen LogP contribution in [0.25, 0.3) is 10.9 Å². The number of anilines is 1. The SMILES string of the molecule is CC(=O)Nc1cc(N=Nc2snc3ccc(S(N)(=O)=O)cc23)cc(Cl)c1O. The lowest BCUT2D eigenvalue weighted by molar-refractivity contribution is -0.114. The number of phenolic OH excluding ortho intramolecular Hbond substituents is 1. The number of aromatic nitrogens is 1. The molecule has 1 amide bonds. The molecule has 2 aromatic carbocycles. The standard InChI is InChI=1S/C15H12ClN5O4S2/c1-7(22)18-13-5-8(4-11(16)14(13)23)19-20-15-10-6-9(27(17,24)25)2-3-12(10)21-26-15/h2-6,23H,1H3,(H,18,22)(H2,17,24,25). The van der Waals surface area contributed by atoms with E-state index in [1.165, 1.54) is 37.3 Å². The monoisotopic (exact) mass is 425 g/mol. The smallest absolute Gasteiger partial charge is 0.238 e. The number of carbonyl (C=O) groups excluding carboxylic acids is 1. The normalized spacial score (nSPS) is 12.0. The summed E-state index contributed by atoms with van der Waals surface area (Å²) in [5, 5.41) is 26.4. The van der Waals surface area contributed by atoms with Crippen LogP contribution in [0.2, 0.25) is 5.02 Å². The van der Waals surface area contributed by atoms with E-state index >= 15 is 0 Å². The molecule has 0 aliphatic heterocycles. The third-order valence-corrected chi connectivity index (χ3v) is 5.33. The molecule has 0 radical (unpaired) electrons. The Morgan fingerprint density at radius 1 is 1.30 bits per heavy atom.